The summed E-state index contributed by atoms with van der Waals surface area (Å²) in [6, 6.07) is 6.15. The van der Waals surface area contributed by atoms with E-state index in [1.165, 1.54) is 11.1 Å². The lowest BCUT2D eigenvalue weighted by Crippen LogP contribution is -2.40. The van der Waals surface area contributed by atoms with Gasteiger partial charge in [-0.05, 0) is 49.8 Å². The Morgan fingerprint density at radius 2 is 2.27 bits per heavy atom. The summed E-state index contributed by atoms with van der Waals surface area (Å²) in [5.74, 6) is 0. The fourth-order valence-corrected chi connectivity index (χ4v) is 1.98. The van der Waals surface area contributed by atoms with Crippen LogP contribution in [0.5, 0.6) is 0 Å². The summed E-state index contributed by atoms with van der Waals surface area (Å²) in [4.78, 5) is 5.97. The average Bonchev–Trinajstić information content (AvgIpc) is 2.27. The molecule has 1 aliphatic rings. The zero-order chi connectivity index (χ0) is 10.8. The van der Waals surface area contributed by atoms with Gasteiger partial charge in [0.2, 0.25) is 0 Å². The SMILES string of the molecule is C=Nc1ccc2c(c1)CN(B(C)O)CC2. The van der Waals surface area contributed by atoms with Crippen LogP contribution in [0.2, 0.25) is 6.82 Å². The highest BCUT2D eigenvalue weighted by atomic mass is 16.2. The number of hydrogen-bond acceptors (Lipinski definition) is 3. The average molecular weight is 202 g/mol. The first-order valence-electron chi connectivity index (χ1n) is 5.21. The van der Waals surface area contributed by atoms with E-state index in [1.807, 2.05) is 6.07 Å². The summed E-state index contributed by atoms with van der Waals surface area (Å²) in [5, 5.41) is 9.52. The summed E-state index contributed by atoms with van der Waals surface area (Å²) in [6.45, 7) is 7.05. The molecular formula is C11H15BN2O. The van der Waals surface area contributed by atoms with Gasteiger partial charge in [0.25, 0.3) is 0 Å². The maximum atomic E-state index is 9.52. The molecule has 1 aromatic rings. The second-order valence-electron chi connectivity index (χ2n) is 3.96. The van der Waals surface area contributed by atoms with Crippen molar-refractivity contribution in [3.05, 3.63) is 29.3 Å². The van der Waals surface area contributed by atoms with Gasteiger partial charge in [0.1, 0.15) is 0 Å². The van der Waals surface area contributed by atoms with Crippen LogP contribution in [0, 0.1) is 0 Å². The number of fused-ring (bicyclic) bond motifs is 1. The van der Waals surface area contributed by atoms with E-state index >= 15 is 0 Å². The minimum absolute atomic E-state index is 0.376. The molecule has 0 unspecified atom stereocenters. The van der Waals surface area contributed by atoms with Crippen LogP contribution in [0.4, 0.5) is 5.69 Å². The Labute approximate surface area is 90.6 Å². The summed E-state index contributed by atoms with van der Waals surface area (Å²) < 4.78 is 0. The molecule has 1 heterocycles. The minimum atomic E-state index is -0.376. The van der Waals surface area contributed by atoms with Gasteiger partial charge in [0.15, 0.2) is 0 Å². The summed E-state index contributed by atoms with van der Waals surface area (Å²) in [6.07, 6.45) is 0.998. The quantitative estimate of drug-likeness (QED) is 0.582. The Bertz CT molecular complexity index is 379. The Balaban J connectivity index is 2.27. The minimum Gasteiger partial charge on any atom is -0.437 e. The van der Waals surface area contributed by atoms with E-state index in [2.05, 4.69) is 28.7 Å². The van der Waals surface area contributed by atoms with Crippen LogP contribution in [0.15, 0.2) is 23.2 Å². The molecule has 78 valence electrons. The standard InChI is InChI=1S/C11H15BN2O/c1-12(15)14-6-5-9-3-4-11(13-2)7-10(9)8-14/h3-4,7,15H,2,5-6,8H2,1H3. The predicted molar refractivity (Wildman–Crippen MR) is 63.6 cm³/mol. The molecule has 0 radical (unpaired) electrons. The van der Waals surface area contributed by atoms with Crippen molar-refractivity contribution in [2.75, 3.05) is 6.54 Å². The molecule has 0 fully saturated rings. The highest BCUT2D eigenvalue weighted by Crippen LogP contribution is 2.23. The van der Waals surface area contributed by atoms with Crippen molar-refractivity contribution < 1.29 is 5.02 Å². The van der Waals surface area contributed by atoms with Crippen molar-refractivity contribution in [2.45, 2.75) is 19.8 Å². The fraction of sp³-hybridized carbons (Fsp3) is 0.364. The highest BCUT2D eigenvalue weighted by Gasteiger charge is 2.21. The third-order valence-electron chi connectivity index (χ3n) is 2.94. The third-order valence-corrected chi connectivity index (χ3v) is 2.94. The van der Waals surface area contributed by atoms with Gasteiger partial charge < -0.3 is 9.83 Å². The molecule has 0 aromatic heterocycles. The predicted octanol–water partition coefficient (Wildman–Crippen LogP) is 1.49. The van der Waals surface area contributed by atoms with E-state index in [4.69, 9.17) is 0 Å². The zero-order valence-corrected chi connectivity index (χ0v) is 8.98. The van der Waals surface area contributed by atoms with Gasteiger partial charge in [-0.3, -0.25) is 4.99 Å². The summed E-state index contributed by atoms with van der Waals surface area (Å²) in [7, 11) is -0.376. The van der Waals surface area contributed by atoms with Crippen LogP contribution in [-0.2, 0) is 13.0 Å². The molecule has 0 amide bonds. The van der Waals surface area contributed by atoms with Crippen LogP contribution in [0.25, 0.3) is 0 Å². The number of benzene rings is 1. The molecule has 1 N–H and O–H groups in total. The molecule has 0 spiro atoms. The van der Waals surface area contributed by atoms with Crippen molar-refractivity contribution in [3.63, 3.8) is 0 Å². The molecule has 4 heteroatoms. The van der Waals surface area contributed by atoms with E-state index in [0.29, 0.717) is 0 Å². The Morgan fingerprint density at radius 3 is 2.93 bits per heavy atom. The Morgan fingerprint density at radius 1 is 1.47 bits per heavy atom. The number of hydrogen-bond donors (Lipinski definition) is 1. The third kappa shape index (κ3) is 2.11. The van der Waals surface area contributed by atoms with Gasteiger partial charge in [0.05, 0.1) is 5.69 Å². The second-order valence-corrected chi connectivity index (χ2v) is 3.96. The van der Waals surface area contributed by atoms with Crippen molar-refractivity contribution in [1.29, 1.82) is 0 Å². The van der Waals surface area contributed by atoms with Gasteiger partial charge in [0, 0.05) is 6.54 Å². The van der Waals surface area contributed by atoms with Crippen LogP contribution in [0.1, 0.15) is 11.1 Å². The van der Waals surface area contributed by atoms with E-state index in [1.54, 1.807) is 6.82 Å². The summed E-state index contributed by atoms with van der Waals surface area (Å²) >= 11 is 0. The molecule has 2 rings (SSSR count). The van der Waals surface area contributed by atoms with Crippen molar-refractivity contribution in [2.24, 2.45) is 4.99 Å². The highest BCUT2D eigenvalue weighted by molar-refractivity contribution is 6.45. The largest absolute Gasteiger partial charge is 0.437 e. The van der Waals surface area contributed by atoms with Gasteiger partial charge >= 0.3 is 7.05 Å². The Kier molecular flexibility index (Phi) is 2.89. The molecule has 0 atom stereocenters. The van der Waals surface area contributed by atoms with E-state index in [-0.39, 0.29) is 7.05 Å². The molecule has 1 aliphatic heterocycles. The van der Waals surface area contributed by atoms with E-state index in [0.717, 1.165) is 25.2 Å². The monoisotopic (exact) mass is 202 g/mol. The number of aliphatic imine (C=N–C) groups is 1. The molecule has 1 aromatic carbocycles. The molecule has 3 nitrogen and oxygen atoms in total. The molecule has 0 saturated carbocycles. The normalized spacial score (nSPS) is 15.9. The summed E-state index contributed by atoms with van der Waals surface area (Å²) in [5.41, 5.74) is 3.52. The molecule has 0 saturated heterocycles. The van der Waals surface area contributed by atoms with Gasteiger partial charge in [-0.15, -0.1) is 0 Å². The van der Waals surface area contributed by atoms with Gasteiger partial charge in [-0.2, -0.15) is 0 Å². The molecule has 15 heavy (non-hydrogen) atoms. The van der Waals surface area contributed by atoms with Crippen LogP contribution in [-0.4, -0.2) is 30.1 Å². The lowest BCUT2D eigenvalue weighted by Gasteiger charge is -2.29. The smallest absolute Gasteiger partial charge is 0.376 e. The van der Waals surface area contributed by atoms with Crippen LogP contribution < -0.4 is 0 Å². The zero-order valence-electron chi connectivity index (χ0n) is 8.98. The topological polar surface area (TPSA) is 35.8 Å². The maximum absolute atomic E-state index is 9.52. The van der Waals surface area contributed by atoms with Crippen molar-refractivity contribution >= 4 is 19.5 Å². The first-order chi connectivity index (χ1) is 7.20. The van der Waals surface area contributed by atoms with Crippen molar-refractivity contribution in [3.8, 4) is 0 Å². The van der Waals surface area contributed by atoms with E-state index in [9.17, 15) is 5.02 Å². The first kappa shape index (κ1) is 10.4. The fourth-order valence-electron chi connectivity index (χ4n) is 1.98. The lowest BCUT2D eigenvalue weighted by atomic mass is 9.81. The van der Waals surface area contributed by atoms with Gasteiger partial charge in [-0.1, -0.05) is 6.07 Å². The van der Waals surface area contributed by atoms with Crippen LogP contribution >= 0.6 is 0 Å². The number of rotatable bonds is 2. The van der Waals surface area contributed by atoms with Crippen LogP contribution in [0.3, 0.4) is 0 Å². The van der Waals surface area contributed by atoms with Gasteiger partial charge in [-0.25, -0.2) is 0 Å². The maximum Gasteiger partial charge on any atom is 0.376 e. The lowest BCUT2D eigenvalue weighted by molar-refractivity contribution is 0.347. The molecule has 0 aliphatic carbocycles. The number of nitrogens with zero attached hydrogens (tertiary/aromatic N) is 2. The van der Waals surface area contributed by atoms with Crippen molar-refractivity contribution in [1.82, 2.24) is 4.81 Å². The molecular weight excluding hydrogens is 187 g/mol. The molecule has 0 bridgehead atoms. The second kappa shape index (κ2) is 4.17. The van der Waals surface area contributed by atoms with E-state index < -0.39 is 0 Å². The first-order valence-corrected chi connectivity index (χ1v) is 5.21. The Hall–Kier alpha value is -1.13.